The third-order valence-electron chi connectivity index (χ3n) is 4.42. The Morgan fingerprint density at radius 1 is 1.24 bits per heavy atom. The Morgan fingerprint density at radius 3 is 2.80 bits per heavy atom. The Morgan fingerprint density at radius 2 is 2.08 bits per heavy atom. The number of nitrogens with one attached hydrogen (secondary N) is 2. The van der Waals surface area contributed by atoms with E-state index in [2.05, 4.69) is 65.7 Å². The molecule has 0 aliphatic carbocycles. The standard InChI is InChI=1S/C19H24BrN5/c1-21-19(24-13-17-4-2-3-10-22-17)23-12-15-9-11-25(14-15)18-7-5-16(20)6-8-18/h2-8,10,15H,9,11-14H2,1H3,(H2,21,23,24). The lowest BCUT2D eigenvalue weighted by molar-refractivity contribution is 0.565. The fourth-order valence-electron chi connectivity index (χ4n) is 3.02. The summed E-state index contributed by atoms with van der Waals surface area (Å²) in [5.41, 5.74) is 2.30. The average Bonchev–Trinajstić information content (AvgIpc) is 3.12. The van der Waals surface area contributed by atoms with E-state index in [1.165, 1.54) is 12.1 Å². The molecule has 1 saturated heterocycles. The van der Waals surface area contributed by atoms with Crippen LogP contribution >= 0.6 is 15.9 Å². The van der Waals surface area contributed by atoms with Crippen molar-refractivity contribution in [3.8, 4) is 0 Å². The summed E-state index contributed by atoms with van der Waals surface area (Å²) in [4.78, 5) is 11.1. The first kappa shape index (κ1) is 17.7. The number of anilines is 1. The maximum absolute atomic E-state index is 4.32. The lowest BCUT2D eigenvalue weighted by Gasteiger charge is -2.19. The molecular formula is C19H24BrN5. The van der Waals surface area contributed by atoms with Crippen molar-refractivity contribution in [2.45, 2.75) is 13.0 Å². The maximum atomic E-state index is 4.32. The molecule has 1 aromatic carbocycles. The zero-order valence-electron chi connectivity index (χ0n) is 14.5. The Balaban J connectivity index is 1.44. The monoisotopic (exact) mass is 401 g/mol. The van der Waals surface area contributed by atoms with Gasteiger partial charge in [0.15, 0.2) is 5.96 Å². The zero-order valence-corrected chi connectivity index (χ0v) is 16.0. The van der Waals surface area contributed by atoms with E-state index >= 15 is 0 Å². The molecule has 25 heavy (non-hydrogen) atoms. The van der Waals surface area contributed by atoms with E-state index in [-0.39, 0.29) is 0 Å². The third kappa shape index (κ3) is 5.19. The average molecular weight is 402 g/mol. The van der Waals surface area contributed by atoms with Gasteiger partial charge in [-0.3, -0.25) is 9.98 Å². The molecule has 1 aliphatic heterocycles. The van der Waals surface area contributed by atoms with Crippen LogP contribution in [0.3, 0.4) is 0 Å². The van der Waals surface area contributed by atoms with Crippen LogP contribution in [0.25, 0.3) is 0 Å². The highest BCUT2D eigenvalue weighted by molar-refractivity contribution is 9.10. The first-order valence-corrected chi connectivity index (χ1v) is 9.39. The van der Waals surface area contributed by atoms with Gasteiger partial charge in [0.1, 0.15) is 0 Å². The Hall–Kier alpha value is -2.08. The van der Waals surface area contributed by atoms with Gasteiger partial charge in [0.2, 0.25) is 0 Å². The Labute approximate surface area is 157 Å². The first-order chi connectivity index (χ1) is 12.2. The molecule has 1 atom stereocenters. The van der Waals surface area contributed by atoms with Crippen LogP contribution in [0.2, 0.25) is 0 Å². The van der Waals surface area contributed by atoms with Gasteiger partial charge in [-0.15, -0.1) is 0 Å². The number of benzene rings is 1. The highest BCUT2D eigenvalue weighted by atomic mass is 79.9. The van der Waals surface area contributed by atoms with Crippen molar-refractivity contribution < 1.29 is 0 Å². The summed E-state index contributed by atoms with van der Waals surface area (Å²) < 4.78 is 1.12. The molecule has 0 amide bonds. The summed E-state index contributed by atoms with van der Waals surface area (Å²) >= 11 is 3.49. The molecule has 5 nitrogen and oxygen atoms in total. The number of aromatic nitrogens is 1. The molecular weight excluding hydrogens is 378 g/mol. The number of rotatable bonds is 5. The van der Waals surface area contributed by atoms with Gasteiger partial charge >= 0.3 is 0 Å². The fourth-order valence-corrected chi connectivity index (χ4v) is 3.29. The maximum Gasteiger partial charge on any atom is 0.191 e. The second-order valence-corrected chi connectivity index (χ2v) is 7.12. The SMILES string of the molecule is CN=C(NCc1ccccn1)NCC1CCN(c2ccc(Br)cc2)C1. The minimum absolute atomic E-state index is 0.622. The number of aliphatic imine (C=N–C) groups is 1. The Kier molecular flexibility index (Phi) is 6.28. The summed E-state index contributed by atoms with van der Waals surface area (Å²) in [5, 5.41) is 6.76. The van der Waals surface area contributed by atoms with Crippen molar-refractivity contribution >= 4 is 27.6 Å². The van der Waals surface area contributed by atoms with Crippen molar-refractivity contribution in [1.29, 1.82) is 0 Å². The molecule has 1 aromatic heterocycles. The molecule has 6 heteroatoms. The summed E-state index contributed by atoms with van der Waals surface area (Å²) in [6.07, 6.45) is 3.00. The number of pyridine rings is 1. The predicted molar refractivity (Wildman–Crippen MR) is 107 cm³/mol. The minimum Gasteiger partial charge on any atom is -0.371 e. The molecule has 1 unspecified atom stereocenters. The van der Waals surface area contributed by atoms with Gasteiger partial charge < -0.3 is 15.5 Å². The number of nitrogens with zero attached hydrogens (tertiary/aromatic N) is 3. The van der Waals surface area contributed by atoms with Gasteiger partial charge in [0, 0.05) is 43.0 Å². The number of halogens is 1. The van der Waals surface area contributed by atoms with E-state index < -0.39 is 0 Å². The van der Waals surface area contributed by atoms with Crippen LogP contribution in [-0.2, 0) is 6.54 Å². The quantitative estimate of drug-likeness (QED) is 0.597. The number of hydrogen-bond donors (Lipinski definition) is 2. The zero-order chi connectivity index (χ0) is 17.5. The summed E-state index contributed by atoms with van der Waals surface area (Å²) in [5.74, 6) is 1.45. The van der Waals surface area contributed by atoms with E-state index in [0.717, 1.165) is 35.8 Å². The summed E-state index contributed by atoms with van der Waals surface area (Å²) in [6, 6.07) is 14.5. The van der Waals surface area contributed by atoms with Crippen molar-refractivity contribution in [3.05, 3.63) is 58.8 Å². The molecule has 0 spiro atoms. The normalized spacial score (nSPS) is 17.6. The van der Waals surface area contributed by atoms with E-state index in [0.29, 0.717) is 12.5 Å². The smallest absolute Gasteiger partial charge is 0.191 e. The van der Waals surface area contributed by atoms with Crippen LogP contribution in [0.5, 0.6) is 0 Å². The third-order valence-corrected chi connectivity index (χ3v) is 4.95. The van der Waals surface area contributed by atoms with Crippen molar-refractivity contribution in [1.82, 2.24) is 15.6 Å². The molecule has 2 aromatic rings. The van der Waals surface area contributed by atoms with Crippen LogP contribution < -0.4 is 15.5 Å². The minimum atomic E-state index is 0.622. The van der Waals surface area contributed by atoms with E-state index in [4.69, 9.17) is 0 Å². The molecule has 0 bridgehead atoms. The van der Waals surface area contributed by atoms with Gasteiger partial charge in [0.25, 0.3) is 0 Å². The highest BCUT2D eigenvalue weighted by Gasteiger charge is 2.22. The Bertz CT molecular complexity index is 687. The van der Waals surface area contributed by atoms with Crippen LogP contribution in [-0.4, -0.2) is 37.6 Å². The van der Waals surface area contributed by atoms with Crippen LogP contribution in [0.4, 0.5) is 5.69 Å². The van der Waals surface area contributed by atoms with E-state index in [1.54, 1.807) is 7.05 Å². The molecule has 2 heterocycles. The van der Waals surface area contributed by atoms with Crippen molar-refractivity contribution in [2.75, 3.05) is 31.6 Å². The van der Waals surface area contributed by atoms with Gasteiger partial charge in [0.05, 0.1) is 12.2 Å². The second-order valence-electron chi connectivity index (χ2n) is 6.20. The first-order valence-electron chi connectivity index (χ1n) is 8.59. The molecule has 1 fully saturated rings. The van der Waals surface area contributed by atoms with E-state index in [1.807, 2.05) is 24.4 Å². The highest BCUT2D eigenvalue weighted by Crippen LogP contribution is 2.24. The fraction of sp³-hybridized carbons (Fsp3) is 0.368. The van der Waals surface area contributed by atoms with E-state index in [9.17, 15) is 0 Å². The van der Waals surface area contributed by atoms with Crippen molar-refractivity contribution in [3.63, 3.8) is 0 Å². The van der Waals surface area contributed by atoms with Gasteiger partial charge in [-0.25, -0.2) is 0 Å². The van der Waals surface area contributed by atoms with Crippen molar-refractivity contribution in [2.24, 2.45) is 10.9 Å². The number of hydrogen-bond acceptors (Lipinski definition) is 3. The van der Waals surface area contributed by atoms with Gasteiger partial charge in [-0.2, -0.15) is 0 Å². The molecule has 0 saturated carbocycles. The molecule has 3 rings (SSSR count). The lowest BCUT2D eigenvalue weighted by Crippen LogP contribution is -2.40. The van der Waals surface area contributed by atoms with Crippen LogP contribution in [0.1, 0.15) is 12.1 Å². The van der Waals surface area contributed by atoms with Gasteiger partial charge in [-0.05, 0) is 48.7 Å². The molecule has 132 valence electrons. The lowest BCUT2D eigenvalue weighted by atomic mass is 10.1. The summed E-state index contributed by atoms with van der Waals surface area (Å²) in [6.45, 7) is 3.78. The number of guanidine groups is 1. The largest absolute Gasteiger partial charge is 0.371 e. The van der Waals surface area contributed by atoms with Crippen LogP contribution in [0, 0.1) is 5.92 Å². The predicted octanol–water partition coefficient (Wildman–Crippen LogP) is 3.04. The topological polar surface area (TPSA) is 52.6 Å². The molecule has 0 radical (unpaired) electrons. The van der Waals surface area contributed by atoms with Crippen LogP contribution in [0.15, 0.2) is 58.1 Å². The summed E-state index contributed by atoms with van der Waals surface area (Å²) in [7, 11) is 1.80. The molecule has 1 aliphatic rings. The second kappa shape index (κ2) is 8.85. The molecule has 2 N–H and O–H groups in total. The van der Waals surface area contributed by atoms with Gasteiger partial charge in [-0.1, -0.05) is 22.0 Å².